The summed E-state index contributed by atoms with van der Waals surface area (Å²) in [5.41, 5.74) is 0.555. The Kier molecular flexibility index (Phi) is 12.0. The van der Waals surface area contributed by atoms with E-state index in [4.69, 9.17) is 32.7 Å². The molecule has 3 aromatic rings. The van der Waals surface area contributed by atoms with E-state index in [1.165, 1.54) is 37.3 Å². The highest BCUT2D eigenvalue weighted by Crippen LogP contribution is 2.36. The zero-order chi connectivity index (χ0) is 32.6. The second kappa shape index (κ2) is 15.7. The number of benzene rings is 3. The Morgan fingerprint density at radius 3 is 2.20 bits per heavy atom. The van der Waals surface area contributed by atoms with Crippen LogP contribution in [0.4, 0.5) is 5.69 Å². The normalized spacial score (nSPS) is 14.3. The van der Waals surface area contributed by atoms with Crippen LogP contribution in [0.25, 0.3) is 0 Å². The number of carbonyl (C=O) groups is 2. The summed E-state index contributed by atoms with van der Waals surface area (Å²) in [6, 6.07) is 16.6. The number of nitrogens with zero attached hydrogens (tertiary/aromatic N) is 2. The van der Waals surface area contributed by atoms with E-state index in [9.17, 15) is 18.0 Å². The predicted octanol–water partition coefficient (Wildman–Crippen LogP) is 6.46. The summed E-state index contributed by atoms with van der Waals surface area (Å²) in [5.74, 6) is -0.353. The molecule has 0 unspecified atom stereocenters. The maximum atomic E-state index is 14.5. The standard InChI is InChI=1S/C33H39Cl2N3O6S/c1-4-29(33(40)36-23-12-7-5-8-13-23)37(21-26-27(34)16-11-17-28(26)35)32(39)22-38(45(41,42)25-14-9-6-10-15-25)30-20-24(43-2)18-19-31(30)44-3/h6,9-11,14-20,23,29H,4-5,7-8,12-13,21-22H2,1-3H3,(H,36,40)/t29-/m0/s1. The molecule has 1 N–H and O–H groups in total. The molecular weight excluding hydrogens is 637 g/mol. The summed E-state index contributed by atoms with van der Waals surface area (Å²) in [5, 5.41) is 3.78. The summed E-state index contributed by atoms with van der Waals surface area (Å²) >= 11 is 13.1. The molecule has 0 radical (unpaired) electrons. The average molecular weight is 677 g/mol. The summed E-state index contributed by atoms with van der Waals surface area (Å²) < 4.78 is 40.3. The van der Waals surface area contributed by atoms with Crippen LogP contribution in [0.5, 0.6) is 11.5 Å². The number of methoxy groups -OCH3 is 2. The number of ether oxygens (including phenoxy) is 2. The largest absolute Gasteiger partial charge is 0.497 e. The van der Waals surface area contributed by atoms with Crippen molar-refractivity contribution in [1.82, 2.24) is 10.2 Å². The van der Waals surface area contributed by atoms with Gasteiger partial charge in [0.25, 0.3) is 10.0 Å². The molecule has 0 saturated heterocycles. The van der Waals surface area contributed by atoms with Crippen LogP contribution in [0.2, 0.25) is 10.0 Å². The number of anilines is 1. The first kappa shape index (κ1) is 34.4. The van der Waals surface area contributed by atoms with Gasteiger partial charge in [-0.05, 0) is 55.7 Å². The highest BCUT2D eigenvalue weighted by Gasteiger charge is 2.36. The second-order valence-corrected chi connectivity index (χ2v) is 13.5. The van der Waals surface area contributed by atoms with E-state index < -0.39 is 28.5 Å². The smallest absolute Gasteiger partial charge is 0.264 e. The molecule has 45 heavy (non-hydrogen) atoms. The molecule has 0 spiro atoms. The van der Waals surface area contributed by atoms with Gasteiger partial charge in [0.05, 0.1) is 24.8 Å². The molecule has 1 aliphatic carbocycles. The van der Waals surface area contributed by atoms with E-state index in [0.29, 0.717) is 21.4 Å². The molecule has 3 aromatic carbocycles. The summed E-state index contributed by atoms with van der Waals surface area (Å²) in [4.78, 5) is 29.6. The first-order valence-corrected chi connectivity index (χ1v) is 17.1. The topological polar surface area (TPSA) is 105 Å². The monoisotopic (exact) mass is 675 g/mol. The fraction of sp³-hybridized carbons (Fsp3) is 0.394. The van der Waals surface area contributed by atoms with E-state index in [0.717, 1.165) is 36.4 Å². The van der Waals surface area contributed by atoms with Gasteiger partial charge in [0.2, 0.25) is 11.8 Å². The van der Waals surface area contributed by atoms with E-state index in [-0.39, 0.29) is 41.2 Å². The van der Waals surface area contributed by atoms with Gasteiger partial charge in [-0.1, -0.05) is 73.7 Å². The number of amides is 2. The van der Waals surface area contributed by atoms with Gasteiger partial charge in [-0.2, -0.15) is 0 Å². The highest BCUT2D eigenvalue weighted by molar-refractivity contribution is 7.92. The molecule has 0 heterocycles. The molecule has 12 heteroatoms. The quantitative estimate of drug-likeness (QED) is 0.223. The number of hydrogen-bond donors (Lipinski definition) is 1. The Balaban J connectivity index is 1.79. The van der Waals surface area contributed by atoms with Crippen LogP contribution in [0, 0.1) is 0 Å². The van der Waals surface area contributed by atoms with Crippen LogP contribution in [0.1, 0.15) is 51.0 Å². The van der Waals surface area contributed by atoms with Gasteiger partial charge in [0, 0.05) is 34.3 Å². The molecule has 0 bridgehead atoms. The zero-order valence-electron chi connectivity index (χ0n) is 25.7. The fourth-order valence-electron chi connectivity index (χ4n) is 5.54. The molecule has 1 atom stereocenters. The van der Waals surface area contributed by atoms with Crippen molar-refractivity contribution in [3.63, 3.8) is 0 Å². The van der Waals surface area contributed by atoms with Crippen LogP contribution in [-0.2, 0) is 26.2 Å². The Morgan fingerprint density at radius 1 is 0.933 bits per heavy atom. The molecule has 1 fully saturated rings. The minimum atomic E-state index is -4.31. The second-order valence-electron chi connectivity index (χ2n) is 10.9. The van der Waals surface area contributed by atoms with Gasteiger partial charge in [0.15, 0.2) is 0 Å². The molecule has 1 aliphatic rings. The third-order valence-corrected chi connectivity index (χ3v) is 10.5. The van der Waals surface area contributed by atoms with Crippen molar-refractivity contribution in [2.45, 2.75) is 69.0 Å². The van der Waals surface area contributed by atoms with Crippen molar-refractivity contribution in [3.05, 3.63) is 82.3 Å². The Hall–Kier alpha value is -3.47. The van der Waals surface area contributed by atoms with Crippen molar-refractivity contribution in [3.8, 4) is 11.5 Å². The van der Waals surface area contributed by atoms with E-state index in [1.54, 1.807) is 48.5 Å². The van der Waals surface area contributed by atoms with E-state index in [1.807, 2.05) is 6.92 Å². The Labute approximate surface area is 275 Å². The third-order valence-electron chi connectivity index (χ3n) is 7.99. The number of hydrogen-bond acceptors (Lipinski definition) is 6. The lowest BCUT2D eigenvalue weighted by Gasteiger charge is -2.35. The number of halogens is 2. The molecular formula is C33H39Cl2N3O6S. The molecule has 4 rings (SSSR count). The van der Waals surface area contributed by atoms with Crippen LogP contribution >= 0.6 is 23.2 Å². The molecule has 2 amide bonds. The van der Waals surface area contributed by atoms with Gasteiger partial charge in [-0.25, -0.2) is 8.42 Å². The highest BCUT2D eigenvalue weighted by atomic mass is 35.5. The summed E-state index contributed by atoms with van der Waals surface area (Å²) in [6.07, 6.45) is 5.18. The minimum Gasteiger partial charge on any atom is -0.497 e. The SMILES string of the molecule is CC[C@@H](C(=O)NC1CCCCC1)N(Cc1c(Cl)cccc1Cl)C(=O)CN(c1cc(OC)ccc1OC)S(=O)(=O)c1ccccc1. The van der Waals surface area contributed by atoms with Crippen molar-refractivity contribution in [2.75, 3.05) is 25.1 Å². The fourth-order valence-corrected chi connectivity index (χ4v) is 7.50. The van der Waals surface area contributed by atoms with E-state index in [2.05, 4.69) is 5.32 Å². The van der Waals surface area contributed by atoms with Crippen LogP contribution in [0.3, 0.4) is 0 Å². The molecule has 242 valence electrons. The minimum absolute atomic E-state index is 0.0113. The van der Waals surface area contributed by atoms with Gasteiger partial charge in [0.1, 0.15) is 24.1 Å². The zero-order valence-corrected chi connectivity index (χ0v) is 28.0. The van der Waals surface area contributed by atoms with Gasteiger partial charge >= 0.3 is 0 Å². The van der Waals surface area contributed by atoms with Crippen molar-refractivity contribution in [1.29, 1.82) is 0 Å². The Morgan fingerprint density at radius 2 is 1.60 bits per heavy atom. The first-order chi connectivity index (χ1) is 21.6. The first-order valence-electron chi connectivity index (χ1n) is 14.9. The third kappa shape index (κ3) is 8.23. The van der Waals surface area contributed by atoms with Gasteiger partial charge < -0.3 is 19.7 Å². The predicted molar refractivity (Wildman–Crippen MR) is 177 cm³/mol. The Bertz CT molecular complexity index is 1560. The van der Waals surface area contributed by atoms with Crippen molar-refractivity contribution < 1.29 is 27.5 Å². The molecule has 9 nitrogen and oxygen atoms in total. The maximum Gasteiger partial charge on any atom is 0.264 e. The summed E-state index contributed by atoms with van der Waals surface area (Å²) in [7, 11) is -1.44. The molecule has 0 aliphatic heterocycles. The number of rotatable bonds is 13. The summed E-state index contributed by atoms with van der Waals surface area (Å²) in [6.45, 7) is 1.06. The van der Waals surface area contributed by atoms with Crippen molar-refractivity contribution in [2.24, 2.45) is 0 Å². The van der Waals surface area contributed by atoms with E-state index >= 15 is 0 Å². The lowest BCUT2D eigenvalue weighted by atomic mass is 9.95. The lowest BCUT2D eigenvalue weighted by Crippen LogP contribution is -2.54. The van der Waals surface area contributed by atoms with Gasteiger partial charge in [-0.15, -0.1) is 0 Å². The number of sulfonamides is 1. The van der Waals surface area contributed by atoms with Gasteiger partial charge in [-0.3, -0.25) is 13.9 Å². The van der Waals surface area contributed by atoms with Crippen LogP contribution in [-0.4, -0.2) is 58.0 Å². The molecule has 1 saturated carbocycles. The number of nitrogens with one attached hydrogen (secondary N) is 1. The van der Waals surface area contributed by atoms with Crippen molar-refractivity contribution >= 4 is 50.7 Å². The number of carbonyl (C=O) groups excluding carboxylic acids is 2. The average Bonchev–Trinajstić information content (AvgIpc) is 3.05. The van der Waals surface area contributed by atoms with Crippen LogP contribution in [0.15, 0.2) is 71.6 Å². The van der Waals surface area contributed by atoms with Crippen LogP contribution < -0.4 is 19.1 Å². The maximum absolute atomic E-state index is 14.5. The molecule has 0 aromatic heterocycles. The lowest BCUT2D eigenvalue weighted by molar-refractivity contribution is -0.140.